The molecule has 1 heterocycles. The molecule has 1 fully saturated rings. The molecule has 0 aliphatic heterocycles. The highest BCUT2D eigenvalue weighted by Gasteiger charge is 2.44. The zero-order chi connectivity index (χ0) is 14.7. The van der Waals surface area contributed by atoms with E-state index in [1.54, 1.807) is 6.20 Å². The Kier molecular flexibility index (Phi) is 4.02. The fraction of sp³-hybridized carbons (Fsp3) is 0.389. The van der Waals surface area contributed by atoms with Crippen LogP contribution in [0.15, 0.2) is 48.7 Å². The van der Waals surface area contributed by atoms with Crippen LogP contribution in [0.3, 0.4) is 0 Å². The maximum atomic E-state index is 12.9. The first kappa shape index (κ1) is 14.2. The van der Waals surface area contributed by atoms with E-state index in [9.17, 15) is 9.50 Å². The second-order valence-electron chi connectivity index (χ2n) is 6.00. The first-order valence-corrected chi connectivity index (χ1v) is 7.53. The first-order valence-electron chi connectivity index (χ1n) is 7.53. The summed E-state index contributed by atoms with van der Waals surface area (Å²) in [7, 11) is 0. The van der Waals surface area contributed by atoms with Crippen molar-refractivity contribution >= 4 is 0 Å². The quantitative estimate of drug-likeness (QED) is 0.898. The van der Waals surface area contributed by atoms with Crippen molar-refractivity contribution in [3.63, 3.8) is 0 Å². The highest BCUT2D eigenvalue weighted by Crippen LogP contribution is 2.52. The minimum absolute atomic E-state index is 0.0667. The summed E-state index contributed by atoms with van der Waals surface area (Å²) < 4.78 is 12.9. The molecule has 0 saturated heterocycles. The molecule has 2 aromatic rings. The van der Waals surface area contributed by atoms with Crippen molar-refractivity contribution in [2.75, 3.05) is 0 Å². The van der Waals surface area contributed by atoms with Crippen molar-refractivity contribution in [3.8, 4) is 0 Å². The lowest BCUT2D eigenvalue weighted by Gasteiger charge is -2.45. The molecule has 1 atom stereocenters. The average molecular weight is 285 g/mol. The summed E-state index contributed by atoms with van der Waals surface area (Å²) in [5.41, 5.74) is 1.81. The predicted molar refractivity (Wildman–Crippen MR) is 80.2 cm³/mol. The minimum atomic E-state index is -0.507. The zero-order valence-electron chi connectivity index (χ0n) is 12.0. The van der Waals surface area contributed by atoms with Crippen LogP contribution in [0.2, 0.25) is 0 Å². The number of pyridine rings is 1. The number of nitrogens with zero attached hydrogens (tertiary/aromatic N) is 1. The van der Waals surface area contributed by atoms with Gasteiger partial charge in [0.05, 0.1) is 5.69 Å². The second kappa shape index (κ2) is 5.94. The third-order valence-electron chi connectivity index (χ3n) is 4.72. The van der Waals surface area contributed by atoms with E-state index in [1.807, 2.05) is 30.3 Å². The first-order chi connectivity index (χ1) is 10.2. The molecule has 0 spiro atoms. The van der Waals surface area contributed by atoms with E-state index < -0.39 is 6.10 Å². The van der Waals surface area contributed by atoms with Gasteiger partial charge in [0.25, 0.3) is 0 Å². The van der Waals surface area contributed by atoms with Gasteiger partial charge in [0, 0.05) is 11.6 Å². The number of aromatic nitrogens is 1. The Bertz CT molecular complexity index is 578. The molecule has 0 amide bonds. The third-order valence-corrected chi connectivity index (χ3v) is 4.72. The topological polar surface area (TPSA) is 33.1 Å². The number of benzene rings is 1. The Balaban J connectivity index is 1.70. The monoisotopic (exact) mass is 285 g/mol. The van der Waals surface area contributed by atoms with Crippen LogP contribution in [0.1, 0.15) is 43.0 Å². The lowest BCUT2D eigenvalue weighted by Crippen LogP contribution is -2.37. The van der Waals surface area contributed by atoms with Gasteiger partial charge >= 0.3 is 0 Å². The number of hydrogen-bond acceptors (Lipinski definition) is 2. The Hall–Kier alpha value is -1.74. The van der Waals surface area contributed by atoms with Gasteiger partial charge < -0.3 is 5.11 Å². The maximum Gasteiger partial charge on any atom is 0.123 e. The molecule has 1 aliphatic carbocycles. The van der Waals surface area contributed by atoms with Crippen LogP contribution >= 0.6 is 0 Å². The normalized spacial score (nSPS) is 18.0. The van der Waals surface area contributed by atoms with Gasteiger partial charge in [0.15, 0.2) is 0 Å². The van der Waals surface area contributed by atoms with Crippen LogP contribution in [-0.2, 0) is 6.42 Å². The summed E-state index contributed by atoms with van der Waals surface area (Å²) in [6.07, 6.45) is 6.23. The van der Waals surface area contributed by atoms with Gasteiger partial charge in [0.1, 0.15) is 11.9 Å². The van der Waals surface area contributed by atoms with Gasteiger partial charge in [0.2, 0.25) is 0 Å². The largest absolute Gasteiger partial charge is 0.386 e. The van der Waals surface area contributed by atoms with Gasteiger partial charge in [-0.05, 0) is 55.5 Å². The SMILES string of the molecule is OC(c1ccccn1)C1(CCc2ccc(F)cc2)CCC1. The van der Waals surface area contributed by atoms with Crippen LogP contribution in [0, 0.1) is 11.2 Å². The molecule has 2 nitrogen and oxygen atoms in total. The van der Waals surface area contributed by atoms with Gasteiger partial charge in [-0.1, -0.05) is 24.6 Å². The third kappa shape index (κ3) is 2.98. The van der Waals surface area contributed by atoms with E-state index in [0.717, 1.165) is 43.4 Å². The molecule has 3 heteroatoms. The van der Waals surface area contributed by atoms with Crippen LogP contribution in [0.4, 0.5) is 4.39 Å². The zero-order valence-corrected chi connectivity index (χ0v) is 12.0. The fourth-order valence-corrected chi connectivity index (χ4v) is 3.19. The lowest BCUT2D eigenvalue weighted by atomic mass is 9.61. The number of aliphatic hydroxyl groups excluding tert-OH is 1. The standard InChI is InChI=1S/C18H20FNO/c19-15-7-5-14(6-8-15)9-12-18(10-3-11-18)17(21)16-4-1-2-13-20-16/h1-2,4-8,13,17,21H,3,9-12H2. The summed E-state index contributed by atoms with van der Waals surface area (Å²) in [6, 6.07) is 12.3. The van der Waals surface area contributed by atoms with E-state index in [4.69, 9.17) is 0 Å². The Morgan fingerprint density at radius 1 is 1.14 bits per heavy atom. The minimum Gasteiger partial charge on any atom is -0.386 e. The number of hydrogen-bond donors (Lipinski definition) is 1. The summed E-state index contributed by atoms with van der Waals surface area (Å²) in [6.45, 7) is 0. The van der Waals surface area contributed by atoms with Crippen LogP contribution in [0.5, 0.6) is 0 Å². The number of rotatable bonds is 5. The van der Waals surface area contributed by atoms with Gasteiger partial charge in [-0.25, -0.2) is 4.39 Å². The summed E-state index contributed by atoms with van der Waals surface area (Å²) in [5, 5.41) is 10.7. The molecule has 0 radical (unpaired) electrons. The van der Waals surface area contributed by atoms with Crippen molar-refractivity contribution in [3.05, 3.63) is 65.7 Å². The smallest absolute Gasteiger partial charge is 0.123 e. The van der Waals surface area contributed by atoms with Crippen molar-refractivity contribution in [1.82, 2.24) is 4.98 Å². The predicted octanol–water partition coefficient (Wildman–Crippen LogP) is 4.06. The van der Waals surface area contributed by atoms with E-state index in [1.165, 1.54) is 12.1 Å². The molecular formula is C18H20FNO. The fourth-order valence-electron chi connectivity index (χ4n) is 3.19. The summed E-state index contributed by atoms with van der Waals surface area (Å²) >= 11 is 0. The van der Waals surface area contributed by atoms with Crippen LogP contribution in [-0.4, -0.2) is 10.1 Å². The Labute approximate surface area is 124 Å². The van der Waals surface area contributed by atoms with Crippen LogP contribution in [0.25, 0.3) is 0 Å². The van der Waals surface area contributed by atoms with Crippen molar-refractivity contribution in [2.45, 2.75) is 38.2 Å². The van der Waals surface area contributed by atoms with Crippen molar-refractivity contribution < 1.29 is 9.50 Å². The molecule has 3 rings (SSSR count). The van der Waals surface area contributed by atoms with E-state index in [-0.39, 0.29) is 11.2 Å². The van der Waals surface area contributed by atoms with E-state index >= 15 is 0 Å². The molecule has 1 aromatic carbocycles. The molecule has 1 aromatic heterocycles. The van der Waals surface area contributed by atoms with Crippen molar-refractivity contribution in [1.29, 1.82) is 0 Å². The molecule has 1 unspecified atom stereocenters. The average Bonchev–Trinajstić information content (AvgIpc) is 2.48. The number of aliphatic hydroxyl groups is 1. The van der Waals surface area contributed by atoms with Gasteiger partial charge in [-0.2, -0.15) is 0 Å². The molecular weight excluding hydrogens is 265 g/mol. The number of aryl methyl sites for hydroxylation is 1. The van der Waals surface area contributed by atoms with Gasteiger partial charge in [-0.15, -0.1) is 0 Å². The Morgan fingerprint density at radius 2 is 1.90 bits per heavy atom. The van der Waals surface area contributed by atoms with E-state index in [0.29, 0.717) is 0 Å². The number of halogens is 1. The highest BCUT2D eigenvalue weighted by molar-refractivity contribution is 5.18. The molecule has 1 saturated carbocycles. The van der Waals surface area contributed by atoms with E-state index in [2.05, 4.69) is 4.98 Å². The molecule has 1 N–H and O–H groups in total. The summed E-state index contributed by atoms with van der Waals surface area (Å²) in [5.74, 6) is -0.203. The Morgan fingerprint density at radius 3 is 2.48 bits per heavy atom. The molecule has 1 aliphatic rings. The molecule has 110 valence electrons. The maximum absolute atomic E-state index is 12.9. The van der Waals surface area contributed by atoms with Crippen LogP contribution < -0.4 is 0 Å². The molecule has 0 bridgehead atoms. The molecule has 21 heavy (non-hydrogen) atoms. The van der Waals surface area contributed by atoms with Crippen molar-refractivity contribution in [2.24, 2.45) is 5.41 Å². The second-order valence-corrected chi connectivity index (χ2v) is 6.00. The van der Waals surface area contributed by atoms with Gasteiger partial charge in [-0.3, -0.25) is 4.98 Å². The lowest BCUT2D eigenvalue weighted by molar-refractivity contribution is -0.0457. The summed E-state index contributed by atoms with van der Waals surface area (Å²) in [4.78, 5) is 4.29. The highest BCUT2D eigenvalue weighted by atomic mass is 19.1.